The van der Waals surface area contributed by atoms with Crippen molar-refractivity contribution in [1.29, 1.82) is 0 Å². The normalized spacial score (nSPS) is 10.3. The third-order valence-corrected chi connectivity index (χ3v) is 2.99. The number of rotatable bonds is 2. The van der Waals surface area contributed by atoms with Crippen molar-refractivity contribution >= 4 is 25.4 Å². The fourth-order valence-corrected chi connectivity index (χ4v) is 2.18. The summed E-state index contributed by atoms with van der Waals surface area (Å²) in [6.45, 7) is 1.70. The Morgan fingerprint density at radius 2 is 2.07 bits per heavy atom. The van der Waals surface area contributed by atoms with Gasteiger partial charge in [-0.3, -0.25) is 0 Å². The fourth-order valence-electron chi connectivity index (χ4n) is 0.875. The topological polar surface area (TPSA) is 37.3 Å². The number of carboxylic acid groups (broad SMARTS) is 1. The maximum absolute atomic E-state index is 10.3. The van der Waals surface area contributed by atoms with E-state index >= 15 is 0 Å². The molecule has 2 nitrogen and oxygen atoms in total. The standard InChI is InChI=1S/C12H10O2Se/c1-10(9-12(13)14)7-8-15-11-5-3-2-4-6-11/h2-6,9H,1H3,(H,13,14)/b10-9+. The van der Waals surface area contributed by atoms with E-state index in [0.29, 0.717) is 5.57 Å². The van der Waals surface area contributed by atoms with E-state index in [9.17, 15) is 4.79 Å². The van der Waals surface area contributed by atoms with Gasteiger partial charge in [0.05, 0.1) is 0 Å². The summed E-state index contributed by atoms with van der Waals surface area (Å²) in [5.74, 6) is 1.87. The second-order valence-corrected chi connectivity index (χ2v) is 4.65. The summed E-state index contributed by atoms with van der Waals surface area (Å²) in [5.41, 5.74) is 0.584. The first kappa shape index (κ1) is 11.6. The van der Waals surface area contributed by atoms with Gasteiger partial charge < -0.3 is 0 Å². The molecule has 76 valence electrons. The van der Waals surface area contributed by atoms with Crippen molar-refractivity contribution in [2.45, 2.75) is 6.92 Å². The van der Waals surface area contributed by atoms with Crippen LogP contribution in [-0.4, -0.2) is 26.0 Å². The predicted molar refractivity (Wildman–Crippen MR) is 61.0 cm³/mol. The Bertz CT molecular complexity index is 424. The van der Waals surface area contributed by atoms with Crippen molar-refractivity contribution < 1.29 is 9.90 Å². The summed E-state index contributed by atoms with van der Waals surface area (Å²) in [6, 6.07) is 9.94. The Labute approximate surface area is 95.2 Å². The molecule has 1 rings (SSSR count). The molecule has 1 N–H and O–H groups in total. The summed E-state index contributed by atoms with van der Waals surface area (Å²) in [4.78, 5) is 13.3. The number of carbonyl (C=O) groups is 1. The molecule has 0 unspecified atom stereocenters. The molecule has 0 aliphatic carbocycles. The van der Waals surface area contributed by atoms with E-state index in [-0.39, 0.29) is 15.0 Å². The fraction of sp³-hybridized carbons (Fsp3) is 0.0833. The summed E-state index contributed by atoms with van der Waals surface area (Å²) in [5, 5.41) is 8.46. The first-order valence-corrected chi connectivity index (χ1v) is 6.04. The molecule has 0 heterocycles. The molecule has 0 atom stereocenters. The van der Waals surface area contributed by atoms with E-state index < -0.39 is 5.97 Å². The van der Waals surface area contributed by atoms with Crippen LogP contribution in [0.5, 0.6) is 0 Å². The quantitative estimate of drug-likeness (QED) is 0.492. The number of carboxylic acids is 1. The van der Waals surface area contributed by atoms with Crippen LogP contribution in [0.2, 0.25) is 0 Å². The molecule has 0 amide bonds. The SMILES string of the molecule is C/C(C#C[Se]c1ccccc1)=C\C(=O)O. The van der Waals surface area contributed by atoms with E-state index in [4.69, 9.17) is 5.11 Å². The molecule has 1 aromatic carbocycles. The predicted octanol–water partition coefficient (Wildman–Crippen LogP) is 1.01. The molecule has 3 heteroatoms. The second-order valence-electron chi connectivity index (χ2n) is 2.81. The van der Waals surface area contributed by atoms with Crippen molar-refractivity contribution in [2.75, 3.05) is 0 Å². The van der Waals surface area contributed by atoms with Crippen molar-refractivity contribution in [3.8, 4) is 10.7 Å². The van der Waals surface area contributed by atoms with E-state index in [2.05, 4.69) is 10.7 Å². The molecule has 0 radical (unpaired) electrons. The summed E-state index contributed by atoms with van der Waals surface area (Å²) in [6.07, 6.45) is 1.12. The number of hydrogen-bond acceptors (Lipinski definition) is 1. The van der Waals surface area contributed by atoms with Gasteiger partial charge in [-0.1, -0.05) is 0 Å². The van der Waals surface area contributed by atoms with Crippen LogP contribution in [0, 0.1) is 10.7 Å². The number of allylic oxidation sites excluding steroid dienone is 1. The van der Waals surface area contributed by atoms with E-state index in [0.717, 1.165) is 6.08 Å². The molecular weight excluding hydrogens is 255 g/mol. The Morgan fingerprint density at radius 1 is 1.40 bits per heavy atom. The van der Waals surface area contributed by atoms with Crippen molar-refractivity contribution in [2.24, 2.45) is 0 Å². The molecule has 0 spiro atoms. The molecule has 0 saturated heterocycles. The van der Waals surface area contributed by atoms with Gasteiger partial charge in [0.15, 0.2) is 0 Å². The van der Waals surface area contributed by atoms with Crippen LogP contribution < -0.4 is 4.46 Å². The molecule has 0 aliphatic rings. The number of benzene rings is 1. The third kappa shape index (κ3) is 5.07. The zero-order chi connectivity index (χ0) is 11.1. The summed E-state index contributed by atoms with van der Waals surface area (Å²) in [7, 11) is 0. The van der Waals surface area contributed by atoms with Gasteiger partial charge in [0.1, 0.15) is 0 Å². The zero-order valence-corrected chi connectivity index (χ0v) is 9.94. The van der Waals surface area contributed by atoms with Crippen LogP contribution in [0.3, 0.4) is 0 Å². The minimum atomic E-state index is -0.950. The van der Waals surface area contributed by atoms with Crippen LogP contribution in [0.4, 0.5) is 0 Å². The van der Waals surface area contributed by atoms with Crippen LogP contribution in [0.15, 0.2) is 42.0 Å². The number of aliphatic carboxylic acids is 1. The second kappa shape index (κ2) is 6.08. The molecule has 15 heavy (non-hydrogen) atoms. The van der Waals surface area contributed by atoms with E-state index in [1.807, 2.05) is 30.3 Å². The Morgan fingerprint density at radius 3 is 2.67 bits per heavy atom. The molecule has 0 bridgehead atoms. The minimum absolute atomic E-state index is 0.0921. The van der Waals surface area contributed by atoms with Crippen molar-refractivity contribution in [1.82, 2.24) is 0 Å². The van der Waals surface area contributed by atoms with Crippen molar-refractivity contribution in [3.63, 3.8) is 0 Å². The number of hydrogen-bond donors (Lipinski definition) is 1. The van der Waals surface area contributed by atoms with Crippen molar-refractivity contribution in [3.05, 3.63) is 42.0 Å². The van der Waals surface area contributed by atoms with Gasteiger partial charge in [-0.25, -0.2) is 0 Å². The van der Waals surface area contributed by atoms with Crippen LogP contribution in [-0.2, 0) is 4.79 Å². The Balaban J connectivity index is 2.58. The molecule has 0 aliphatic heterocycles. The molecule has 1 aromatic rings. The van der Waals surface area contributed by atoms with Crippen LogP contribution in [0.1, 0.15) is 6.92 Å². The zero-order valence-electron chi connectivity index (χ0n) is 8.23. The summed E-state index contributed by atoms with van der Waals surface area (Å²) < 4.78 is 1.20. The van der Waals surface area contributed by atoms with Gasteiger partial charge >= 0.3 is 94.9 Å². The monoisotopic (exact) mass is 266 g/mol. The third-order valence-electron chi connectivity index (χ3n) is 1.50. The Hall–Kier alpha value is -1.49. The van der Waals surface area contributed by atoms with Gasteiger partial charge in [-0.05, 0) is 0 Å². The average Bonchev–Trinajstić information content (AvgIpc) is 2.18. The Kier molecular flexibility index (Phi) is 4.69. The first-order chi connectivity index (χ1) is 7.18. The molecule has 0 aromatic heterocycles. The van der Waals surface area contributed by atoms with Gasteiger partial charge in [-0.15, -0.1) is 0 Å². The van der Waals surface area contributed by atoms with Gasteiger partial charge in [0, 0.05) is 0 Å². The molecule has 0 saturated carbocycles. The average molecular weight is 265 g/mol. The van der Waals surface area contributed by atoms with Crippen LogP contribution in [0.25, 0.3) is 0 Å². The summed E-state index contributed by atoms with van der Waals surface area (Å²) >= 11 is 0.0921. The van der Waals surface area contributed by atoms with Gasteiger partial charge in [0.2, 0.25) is 0 Å². The van der Waals surface area contributed by atoms with E-state index in [1.165, 1.54) is 4.46 Å². The maximum atomic E-state index is 10.3. The van der Waals surface area contributed by atoms with Crippen LogP contribution >= 0.6 is 0 Å². The molecular formula is C12H10O2Se. The van der Waals surface area contributed by atoms with Gasteiger partial charge in [0.25, 0.3) is 0 Å². The molecule has 0 fully saturated rings. The van der Waals surface area contributed by atoms with Gasteiger partial charge in [-0.2, -0.15) is 0 Å². The van der Waals surface area contributed by atoms with E-state index in [1.54, 1.807) is 6.92 Å². The first-order valence-electron chi connectivity index (χ1n) is 4.32.